The summed E-state index contributed by atoms with van der Waals surface area (Å²) in [4.78, 5) is 0. The van der Waals surface area contributed by atoms with Gasteiger partial charge < -0.3 is 28.5 Å². The van der Waals surface area contributed by atoms with E-state index in [0.717, 1.165) is 16.7 Å². The van der Waals surface area contributed by atoms with Gasteiger partial charge in [-0.1, -0.05) is 118 Å². The first kappa shape index (κ1) is 33.3. The summed E-state index contributed by atoms with van der Waals surface area (Å²) in [6.07, 6.45) is -2.60. The molecular formula is C36H48O6Si. The van der Waals surface area contributed by atoms with E-state index in [1.54, 1.807) is 6.08 Å². The molecule has 0 aliphatic heterocycles. The van der Waals surface area contributed by atoms with Crippen LogP contribution in [0, 0.1) is 0 Å². The molecule has 0 saturated heterocycles. The molecule has 3 aromatic rings. The van der Waals surface area contributed by atoms with Gasteiger partial charge in [0.25, 0.3) is 0 Å². The molecule has 1 aliphatic carbocycles. The minimum absolute atomic E-state index is 0.0862. The van der Waals surface area contributed by atoms with Crippen molar-refractivity contribution < 1.29 is 28.5 Å². The fourth-order valence-electron chi connectivity index (χ4n) is 5.03. The van der Waals surface area contributed by atoms with Crippen LogP contribution in [0.15, 0.2) is 104 Å². The van der Waals surface area contributed by atoms with Gasteiger partial charge in [-0.3, -0.25) is 0 Å². The first-order valence-electron chi connectivity index (χ1n) is 15.2. The van der Waals surface area contributed by atoms with Crippen LogP contribution < -0.4 is 0 Å². The number of hydrogen-bond acceptors (Lipinski definition) is 6. The minimum Gasteiger partial charge on any atom is -0.408 e. The van der Waals surface area contributed by atoms with Crippen LogP contribution in [-0.2, 0) is 43.2 Å². The smallest absolute Gasteiger partial charge is 0.192 e. The summed E-state index contributed by atoms with van der Waals surface area (Å²) in [5, 5.41) is 12.0. The molecule has 1 aliphatic rings. The molecule has 232 valence electrons. The van der Waals surface area contributed by atoms with Gasteiger partial charge in [0.2, 0.25) is 0 Å². The molecule has 0 bridgehead atoms. The number of aliphatic hydroxyl groups excluding tert-OH is 1. The van der Waals surface area contributed by atoms with Gasteiger partial charge in [0.15, 0.2) is 8.32 Å². The van der Waals surface area contributed by atoms with Gasteiger partial charge in [0, 0.05) is 0 Å². The van der Waals surface area contributed by atoms with Crippen molar-refractivity contribution in [3.8, 4) is 0 Å². The Morgan fingerprint density at radius 2 is 1.00 bits per heavy atom. The van der Waals surface area contributed by atoms with Crippen molar-refractivity contribution in [3.05, 3.63) is 120 Å². The Balaban J connectivity index is 1.73. The average Bonchev–Trinajstić information content (AvgIpc) is 3.00. The normalized spacial score (nSPS) is 24.5. The zero-order valence-corrected chi connectivity index (χ0v) is 27.2. The summed E-state index contributed by atoms with van der Waals surface area (Å²) in [7, 11) is -2.36. The first-order valence-corrected chi connectivity index (χ1v) is 18.1. The highest BCUT2D eigenvalue weighted by Gasteiger charge is 2.56. The Morgan fingerprint density at radius 1 is 0.628 bits per heavy atom. The summed E-state index contributed by atoms with van der Waals surface area (Å²) in [5.41, 5.74) is 3.05. The third-order valence-corrected chi connectivity index (χ3v) is 12.9. The summed E-state index contributed by atoms with van der Waals surface area (Å²) >= 11 is 0. The van der Waals surface area contributed by atoms with Crippen molar-refractivity contribution in [2.45, 2.75) is 95.3 Å². The summed E-state index contributed by atoms with van der Waals surface area (Å²) in [6.45, 7) is 16.1. The predicted octanol–water partition coefficient (Wildman–Crippen LogP) is 7.08. The molecule has 0 radical (unpaired) electrons. The van der Waals surface area contributed by atoms with Crippen LogP contribution in [-0.4, -0.2) is 56.7 Å². The van der Waals surface area contributed by atoms with E-state index in [2.05, 4.69) is 40.4 Å². The van der Waals surface area contributed by atoms with Crippen molar-refractivity contribution >= 4 is 8.32 Å². The van der Waals surface area contributed by atoms with E-state index >= 15 is 0 Å². The zero-order valence-electron chi connectivity index (χ0n) is 26.2. The number of rotatable bonds is 14. The maximum atomic E-state index is 12.1. The number of aliphatic hydroxyl groups is 1. The molecule has 4 rings (SSSR count). The van der Waals surface area contributed by atoms with Crippen LogP contribution in [0.4, 0.5) is 0 Å². The van der Waals surface area contributed by atoms with Crippen LogP contribution in [0.1, 0.15) is 37.5 Å². The van der Waals surface area contributed by atoms with Crippen molar-refractivity contribution in [3.63, 3.8) is 0 Å². The number of ether oxygens (including phenoxy) is 4. The molecule has 6 nitrogen and oxygen atoms in total. The van der Waals surface area contributed by atoms with Crippen molar-refractivity contribution in [2.24, 2.45) is 0 Å². The topological polar surface area (TPSA) is 66.4 Å². The van der Waals surface area contributed by atoms with Crippen LogP contribution in [0.2, 0.25) is 18.1 Å². The third kappa shape index (κ3) is 8.96. The van der Waals surface area contributed by atoms with Gasteiger partial charge in [-0.2, -0.15) is 0 Å². The highest BCUT2D eigenvalue weighted by Crippen LogP contribution is 2.41. The molecule has 43 heavy (non-hydrogen) atoms. The van der Waals surface area contributed by atoms with Gasteiger partial charge in [0.05, 0.1) is 26.4 Å². The largest absolute Gasteiger partial charge is 0.408 e. The van der Waals surface area contributed by atoms with Crippen LogP contribution in [0.3, 0.4) is 0 Å². The van der Waals surface area contributed by atoms with E-state index in [1.807, 2.05) is 91.0 Å². The molecule has 0 heterocycles. The second kappa shape index (κ2) is 15.4. The fraction of sp³-hybridized carbons (Fsp3) is 0.444. The molecule has 0 spiro atoms. The van der Waals surface area contributed by atoms with Gasteiger partial charge in [-0.05, 0) is 34.8 Å². The van der Waals surface area contributed by atoms with Crippen molar-refractivity contribution in [2.75, 3.05) is 6.61 Å². The molecule has 1 N–H and O–H groups in total. The summed E-state index contributed by atoms with van der Waals surface area (Å²) in [5.74, 6) is 0. The third-order valence-electron chi connectivity index (χ3n) is 8.47. The molecule has 1 saturated carbocycles. The van der Waals surface area contributed by atoms with E-state index < -0.39 is 44.9 Å². The predicted molar refractivity (Wildman–Crippen MR) is 173 cm³/mol. The minimum atomic E-state index is -2.36. The molecule has 6 atom stereocenters. The van der Waals surface area contributed by atoms with E-state index in [-0.39, 0.29) is 11.6 Å². The van der Waals surface area contributed by atoms with Crippen molar-refractivity contribution in [1.29, 1.82) is 0 Å². The number of benzene rings is 3. The first-order chi connectivity index (χ1) is 20.6. The van der Waals surface area contributed by atoms with Crippen LogP contribution in [0.5, 0.6) is 0 Å². The number of hydrogen-bond donors (Lipinski definition) is 1. The Hall–Kier alpha value is -2.62. The van der Waals surface area contributed by atoms with E-state index in [9.17, 15) is 5.11 Å². The maximum absolute atomic E-state index is 12.1. The van der Waals surface area contributed by atoms with Crippen LogP contribution in [0.25, 0.3) is 0 Å². The Bertz CT molecular complexity index is 1230. The van der Waals surface area contributed by atoms with Crippen LogP contribution >= 0.6 is 0 Å². The van der Waals surface area contributed by atoms with E-state index in [1.165, 1.54) is 0 Å². The molecule has 0 amide bonds. The molecule has 7 heteroatoms. The molecule has 0 aromatic heterocycles. The van der Waals surface area contributed by atoms with Gasteiger partial charge in [0.1, 0.15) is 36.6 Å². The quantitative estimate of drug-likeness (QED) is 0.157. The highest BCUT2D eigenvalue weighted by molar-refractivity contribution is 6.74. The summed E-state index contributed by atoms with van der Waals surface area (Å²) < 4.78 is 33.3. The molecule has 3 aromatic carbocycles. The van der Waals surface area contributed by atoms with Crippen molar-refractivity contribution in [1.82, 2.24) is 0 Å². The van der Waals surface area contributed by atoms with Gasteiger partial charge >= 0.3 is 0 Å². The highest BCUT2D eigenvalue weighted by atomic mass is 28.4. The molecule has 1 fully saturated rings. The second-order valence-electron chi connectivity index (χ2n) is 12.7. The molecule has 0 unspecified atom stereocenters. The van der Waals surface area contributed by atoms with Gasteiger partial charge in [-0.25, -0.2) is 0 Å². The lowest BCUT2D eigenvalue weighted by molar-refractivity contribution is -0.267. The summed E-state index contributed by atoms with van der Waals surface area (Å²) in [6, 6.07) is 30.0. The zero-order chi connectivity index (χ0) is 30.9. The Kier molecular flexibility index (Phi) is 11.9. The fourth-order valence-corrected chi connectivity index (χ4v) is 6.34. The lowest BCUT2D eigenvalue weighted by Crippen LogP contribution is -2.68. The average molecular weight is 605 g/mol. The Labute approximate surface area is 258 Å². The van der Waals surface area contributed by atoms with E-state index in [0.29, 0.717) is 19.8 Å². The molecular weight excluding hydrogens is 556 g/mol. The van der Waals surface area contributed by atoms with E-state index in [4.69, 9.17) is 23.4 Å². The monoisotopic (exact) mass is 604 g/mol. The second-order valence-corrected chi connectivity index (χ2v) is 17.5. The maximum Gasteiger partial charge on any atom is 0.192 e. The standard InChI is InChI=1S/C36H48O6Si/c1-7-23-38-34-32(42-43(5,6)36(2,3)4)30(37)31(39-24-27-17-11-8-12-18-27)33(40-25-28-19-13-9-14-20-28)35(34)41-26-29-21-15-10-16-22-29/h7-22,30-35,37H,1,23-26H2,2-6H3/t30-,31+,32+,33+,34+,35+/m0/s1. The van der Waals surface area contributed by atoms with Gasteiger partial charge in [-0.15, -0.1) is 6.58 Å². The SMILES string of the molecule is C=CCO[C@H]1[C@H](OCc2ccccc2)[C@H](OCc2ccccc2)[C@H](OCc2ccccc2)[C@H](O)[C@H]1O[Si](C)(C)C(C)(C)C. The Morgan fingerprint density at radius 3 is 1.40 bits per heavy atom. The lowest BCUT2D eigenvalue weighted by atomic mass is 9.84. The lowest BCUT2D eigenvalue weighted by Gasteiger charge is -2.51.